The molecule has 0 spiro atoms. The molecule has 0 saturated heterocycles. The molecule has 1 rings (SSSR count). The molecule has 0 fully saturated rings. The minimum absolute atomic E-state index is 0.212. The van der Waals surface area contributed by atoms with Crippen LogP contribution in [0.2, 0.25) is 0 Å². The van der Waals surface area contributed by atoms with E-state index in [4.69, 9.17) is 15.2 Å². The molecule has 0 unspecified atom stereocenters. The molecule has 0 heterocycles. The van der Waals surface area contributed by atoms with Crippen molar-refractivity contribution in [1.29, 1.82) is 0 Å². The highest BCUT2D eigenvalue weighted by Crippen LogP contribution is 2.25. The SMILES string of the molecule is COc1cccc(N)c1CO[C@@H](C)C(C)C. The van der Waals surface area contributed by atoms with Crippen LogP contribution in [0.3, 0.4) is 0 Å². The van der Waals surface area contributed by atoms with Crippen LogP contribution in [-0.4, -0.2) is 13.2 Å². The predicted molar refractivity (Wildman–Crippen MR) is 66.5 cm³/mol. The van der Waals surface area contributed by atoms with Crippen molar-refractivity contribution in [3.8, 4) is 5.75 Å². The lowest BCUT2D eigenvalue weighted by molar-refractivity contribution is 0.0229. The Morgan fingerprint density at radius 2 is 1.94 bits per heavy atom. The molecule has 1 aromatic rings. The van der Waals surface area contributed by atoms with Gasteiger partial charge in [-0.1, -0.05) is 19.9 Å². The third-order valence-corrected chi connectivity index (χ3v) is 2.82. The number of ether oxygens (including phenoxy) is 2. The molecule has 0 saturated carbocycles. The Kier molecular flexibility index (Phi) is 4.62. The highest BCUT2D eigenvalue weighted by molar-refractivity contribution is 5.53. The van der Waals surface area contributed by atoms with Crippen molar-refractivity contribution in [3.63, 3.8) is 0 Å². The van der Waals surface area contributed by atoms with E-state index in [1.54, 1.807) is 7.11 Å². The maximum Gasteiger partial charge on any atom is 0.126 e. The van der Waals surface area contributed by atoms with Gasteiger partial charge in [0.1, 0.15) is 5.75 Å². The lowest BCUT2D eigenvalue weighted by Crippen LogP contribution is -2.15. The van der Waals surface area contributed by atoms with E-state index in [1.165, 1.54) is 0 Å². The third kappa shape index (κ3) is 3.14. The van der Waals surface area contributed by atoms with Crippen LogP contribution in [-0.2, 0) is 11.3 Å². The standard InChI is InChI=1S/C13H21NO2/c1-9(2)10(3)16-8-11-12(14)6-5-7-13(11)15-4/h5-7,9-10H,8,14H2,1-4H3/t10-/m0/s1. The number of benzene rings is 1. The van der Waals surface area contributed by atoms with Gasteiger partial charge in [-0.15, -0.1) is 0 Å². The zero-order chi connectivity index (χ0) is 12.1. The zero-order valence-electron chi connectivity index (χ0n) is 10.5. The van der Waals surface area contributed by atoms with Gasteiger partial charge < -0.3 is 15.2 Å². The highest BCUT2D eigenvalue weighted by Gasteiger charge is 2.11. The average Bonchev–Trinajstić information content (AvgIpc) is 2.26. The summed E-state index contributed by atoms with van der Waals surface area (Å²) in [5.74, 6) is 1.28. The topological polar surface area (TPSA) is 44.5 Å². The van der Waals surface area contributed by atoms with E-state index in [2.05, 4.69) is 20.8 Å². The molecular weight excluding hydrogens is 202 g/mol. The van der Waals surface area contributed by atoms with Gasteiger partial charge in [-0.05, 0) is 25.0 Å². The van der Waals surface area contributed by atoms with Gasteiger partial charge in [0.2, 0.25) is 0 Å². The number of anilines is 1. The smallest absolute Gasteiger partial charge is 0.126 e. The average molecular weight is 223 g/mol. The van der Waals surface area contributed by atoms with Crippen molar-refractivity contribution in [3.05, 3.63) is 23.8 Å². The summed E-state index contributed by atoms with van der Waals surface area (Å²) >= 11 is 0. The number of rotatable bonds is 5. The van der Waals surface area contributed by atoms with Crippen LogP contribution in [0.5, 0.6) is 5.75 Å². The summed E-state index contributed by atoms with van der Waals surface area (Å²) in [7, 11) is 1.64. The fourth-order valence-electron chi connectivity index (χ4n) is 1.34. The van der Waals surface area contributed by atoms with Gasteiger partial charge in [0.05, 0.1) is 19.8 Å². The van der Waals surface area contributed by atoms with Gasteiger partial charge in [-0.3, -0.25) is 0 Å². The van der Waals surface area contributed by atoms with E-state index >= 15 is 0 Å². The lowest BCUT2D eigenvalue weighted by atomic mass is 10.1. The molecular formula is C13H21NO2. The second kappa shape index (κ2) is 5.75. The number of nitrogens with two attached hydrogens (primary N) is 1. The predicted octanol–water partition coefficient (Wildman–Crippen LogP) is 2.84. The Morgan fingerprint density at radius 1 is 1.25 bits per heavy atom. The molecule has 0 aromatic heterocycles. The van der Waals surface area contributed by atoms with Gasteiger partial charge in [0, 0.05) is 11.3 Å². The van der Waals surface area contributed by atoms with Gasteiger partial charge >= 0.3 is 0 Å². The fraction of sp³-hybridized carbons (Fsp3) is 0.538. The van der Waals surface area contributed by atoms with Crippen LogP contribution in [0.15, 0.2) is 18.2 Å². The van der Waals surface area contributed by atoms with Gasteiger partial charge in [-0.25, -0.2) is 0 Å². The molecule has 16 heavy (non-hydrogen) atoms. The molecule has 2 N–H and O–H groups in total. The second-order valence-corrected chi connectivity index (χ2v) is 4.29. The van der Waals surface area contributed by atoms with Gasteiger partial charge in [-0.2, -0.15) is 0 Å². The first-order valence-electron chi connectivity index (χ1n) is 5.59. The van der Waals surface area contributed by atoms with Crippen molar-refractivity contribution in [2.24, 2.45) is 5.92 Å². The minimum Gasteiger partial charge on any atom is -0.496 e. The second-order valence-electron chi connectivity index (χ2n) is 4.29. The van der Waals surface area contributed by atoms with Crippen molar-refractivity contribution in [2.75, 3.05) is 12.8 Å². The monoisotopic (exact) mass is 223 g/mol. The van der Waals surface area contributed by atoms with Crippen LogP contribution in [0.4, 0.5) is 5.69 Å². The van der Waals surface area contributed by atoms with Crippen LogP contribution >= 0.6 is 0 Å². The molecule has 0 amide bonds. The largest absolute Gasteiger partial charge is 0.496 e. The fourth-order valence-corrected chi connectivity index (χ4v) is 1.34. The Bertz CT molecular complexity index is 337. The van der Waals surface area contributed by atoms with Crippen LogP contribution in [0.25, 0.3) is 0 Å². The number of nitrogen functional groups attached to an aromatic ring is 1. The summed E-state index contributed by atoms with van der Waals surface area (Å²) in [6, 6.07) is 5.64. The first kappa shape index (κ1) is 12.8. The molecule has 1 atom stereocenters. The van der Waals surface area contributed by atoms with E-state index in [-0.39, 0.29) is 6.10 Å². The van der Waals surface area contributed by atoms with Crippen molar-refractivity contribution in [2.45, 2.75) is 33.5 Å². The minimum atomic E-state index is 0.212. The Hall–Kier alpha value is -1.22. The van der Waals surface area contributed by atoms with Crippen molar-refractivity contribution in [1.82, 2.24) is 0 Å². The number of methoxy groups -OCH3 is 1. The summed E-state index contributed by atoms with van der Waals surface area (Å²) in [5, 5.41) is 0. The van der Waals surface area contributed by atoms with E-state index in [1.807, 2.05) is 18.2 Å². The highest BCUT2D eigenvalue weighted by atomic mass is 16.5. The lowest BCUT2D eigenvalue weighted by Gasteiger charge is -2.18. The van der Waals surface area contributed by atoms with Crippen LogP contribution in [0.1, 0.15) is 26.3 Å². The maximum absolute atomic E-state index is 5.90. The van der Waals surface area contributed by atoms with Crippen molar-refractivity contribution >= 4 is 5.69 Å². The van der Waals surface area contributed by atoms with Crippen LogP contribution in [0, 0.1) is 5.92 Å². The molecule has 0 aliphatic carbocycles. The Morgan fingerprint density at radius 3 is 2.50 bits per heavy atom. The molecule has 90 valence electrons. The third-order valence-electron chi connectivity index (χ3n) is 2.82. The summed E-state index contributed by atoms with van der Waals surface area (Å²) in [5.41, 5.74) is 7.55. The molecule has 1 aromatic carbocycles. The summed E-state index contributed by atoms with van der Waals surface area (Å²) in [6.07, 6.45) is 0.212. The molecule has 0 aliphatic rings. The van der Waals surface area contributed by atoms with Gasteiger partial charge in [0.15, 0.2) is 0 Å². The Balaban J connectivity index is 2.73. The van der Waals surface area contributed by atoms with E-state index in [0.717, 1.165) is 17.0 Å². The summed E-state index contributed by atoms with van der Waals surface area (Å²) in [4.78, 5) is 0. The normalized spacial score (nSPS) is 12.8. The quantitative estimate of drug-likeness (QED) is 0.781. The summed E-state index contributed by atoms with van der Waals surface area (Å²) in [6.45, 7) is 6.83. The first-order valence-corrected chi connectivity index (χ1v) is 5.59. The molecule has 0 bridgehead atoms. The molecule has 3 heteroatoms. The number of hydrogen-bond donors (Lipinski definition) is 1. The van der Waals surface area contributed by atoms with Gasteiger partial charge in [0.25, 0.3) is 0 Å². The molecule has 0 radical (unpaired) electrons. The maximum atomic E-state index is 5.90. The molecule has 3 nitrogen and oxygen atoms in total. The Labute approximate surface area is 97.6 Å². The zero-order valence-corrected chi connectivity index (χ0v) is 10.5. The van der Waals surface area contributed by atoms with Crippen molar-refractivity contribution < 1.29 is 9.47 Å². The van der Waals surface area contributed by atoms with E-state index in [9.17, 15) is 0 Å². The molecule has 0 aliphatic heterocycles. The summed E-state index contributed by atoms with van der Waals surface area (Å²) < 4.78 is 11.0. The van der Waals surface area contributed by atoms with E-state index in [0.29, 0.717) is 12.5 Å². The van der Waals surface area contributed by atoms with Crippen LogP contribution < -0.4 is 10.5 Å². The number of hydrogen-bond acceptors (Lipinski definition) is 3. The van der Waals surface area contributed by atoms with E-state index < -0.39 is 0 Å². The first-order chi connectivity index (χ1) is 7.56.